The van der Waals surface area contributed by atoms with Crippen molar-refractivity contribution in [1.82, 2.24) is 14.9 Å². The molecule has 0 atom stereocenters. The number of imidazole rings is 1. The largest absolute Gasteiger partial charge is 0.331 e. The average molecular weight is 289 g/mol. The van der Waals surface area contributed by atoms with E-state index in [9.17, 15) is 0 Å². The Hall–Kier alpha value is -0.830. The summed E-state index contributed by atoms with van der Waals surface area (Å²) < 4.78 is 2.62. The normalized spacial score (nSPS) is 20.5. The fraction of sp³-hybridized carbons (Fsp3) is 0.833. The first-order valence-corrected chi connectivity index (χ1v) is 8.89. The van der Waals surface area contributed by atoms with Crippen LogP contribution in [0.4, 0.5) is 0 Å². The number of rotatable bonds is 4. The van der Waals surface area contributed by atoms with Crippen molar-refractivity contribution >= 4 is 0 Å². The Kier molecular flexibility index (Phi) is 4.39. The van der Waals surface area contributed by atoms with Crippen molar-refractivity contribution in [3.8, 4) is 0 Å². The summed E-state index contributed by atoms with van der Waals surface area (Å²) in [5.74, 6) is 2.11. The fourth-order valence-corrected chi connectivity index (χ4v) is 3.78. The van der Waals surface area contributed by atoms with Gasteiger partial charge in [-0.2, -0.15) is 0 Å². The SMILES string of the molecule is CCC(C)(C)Cn1c(C2CCCCC2)nc2c1CCNC2. The van der Waals surface area contributed by atoms with E-state index < -0.39 is 0 Å². The Morgan fingerprint density at radius 1 is 1.24 bits per heavy atom. The zero-order valence-corrected chi connectivity index (χ0v) is 14.0. The Balaban J connectivity index is 1.95. The highest BCUT2D eigenvalue weighted by Gasteiger charge is 2.28. The highest BCUT2D eigenvalue weighted by molar-refractivity contribution is 5.22. The van der Waals surface area contributed by atoms with Gasteiger partial charge in [-0.25, -0.2) is 4.98 Å². The highest BCUT2D eigenvalue weighted by atomic mass is 15.1. The van der Waals surface area contributed by atoms with Crippen LogP contribution in [-0.4, -0.2) is 16.1 Å². The molecule has 1 aromatic rings. The molecule has 1 N–H and O–H groups in total. The molecule has 0 unspecified atom stereocenters. The molecule has 0 amide bonds. The van der Waals surface area contributed by atoms with Crippen LogP contribution >= 0.6 is 0 Å². The minimum Gasteiger partial charge on any atom is -0.331 e. The van der Waals surface area contributed by atoms with Gasteiger partial charge in [0.05, 0.1) is 5.69 Å². The van der Waals surface area contributed by atoms with Gasteiger partial charge in [0, 0.05) is 37.7 Å². The Labute approximate surface area is 129 Å². The molecule has 0 aromatic carbocycles. The predicted octanol–water partition coefficient (Wildman–Crippen LogP) is 4.01. The number of fused-ring (bicyclic) bond motifs is 1. The number of hydrogen-bond acceptors (Lipinski definition) is 2. The van der Waals surface area contributed by atoms with Gasteiger partial charge in [-0.3, -0.25) is 0 Å². The maximum atomic E-state index is 5.09. The molecular formula is C18H31N3. The van der Waals surface area contributed by atoms with Crippen LogP contribution in [0.25, 0.3) is 0 Å². The van der Waals surface area contributed by atoms with Gasteiger partial charge in [0.15, 0.2) is 0 Å². The summed E-state index contributed by atoms with van der Waals surface area (Å²) in [5, 5.41) is 3.49. The third-order valence-corrected chi connectivity index (χ3v) is 5.53. The predicted molar refractivity (Wildman–Crippen MR) is 87.5 cm³/mol. The number of hydrogen-bond donors (Lipinski definition) is 1. The van der Waals surface area contributed by atoms with E-state index in [1.807, 2.05) is 0 Å². The van der Waals surface area contributed by atoms with E-state index in [1.54, 1.807) is 0 Å². The van der Waals surface area contributed by atoms with E-state index in [0.29, 0.717) is 11.3 Å². The second kappa shape index (κ2) is 6.12. The number of aromatic nitrogens is 2. The van der Waals surface area contributed by atoms with Gasteiger partial charge < -0.3 is 9.88 Å². The Morgan fingerprint density at radius 2 is 2.00 bits per heavy atom. The summed E-state index contributed by atoms with van der Waals surface area (Å²) in [7, 11) is 0. The summed E-state index contributed by atoms with van der Waals surface area (Å²) >= 11 is 0. The highest BCUT2D eigenvalue weighted by Crippen LogP contribution is 2.35. The lowest BCUT2D eigenvalue weighted by Crippen LogP contribution is -2.28. The van der Waals surface area contributed by atoms with Crippen LogP contribution in [-0.2, 0) is 19.5 Å². The first-order valence-electron chi connectivity index (χ1n) is 8.89. The van der Waals surface area contributed by atoms with Gasteiger partial charge >= 0.3 is 0 Å². The van der Waals surface area contributed by atoms with E-state index in [0.717, 1.165) is 26.1 Å². The van der Waals surface area contributed by atoms with Crippen LogP contribution in [0.2, 0.25) is 0 Å². The van der Waals surface area contributed by atoms with Crippen LogP contribution in [0, 0.1) is 5.41 Å². The third kappa shape index (κ3) is 3.18. The molecule has 1 saturated carbocycles. The number of nitrogens with zero attached hydrogens (tertiary/aromatic N) is 2. The van der Waals surface area contributed by atoms with Gasteiger partial charge in [-0.05, 0) is 24.7 Å². The minimum atomic E-state index is 0.364. The second-order valence-electron chi connectivity index (χ2n) is 7.73. The molecule has 1 fully saturated rings. The van der Waals surface area contributed by atoms with E-state index >= 15 is 0 Å². The molecule has 0 radical (unpaired) electrons. The molecule has 118 valence electrons. The van der Waals surface area contributed by atoms with Gasteiger partial charge in [-0.15, -0.1) is 0 Å². The zero-order valence-electron chi connectivity index (χ0n) is 14.0. The lowest BCUT2D eigenvalue weighted by molar-refractivity contribution is 0.278. The van der Waals surface area contributed by atoms with Crippen LogP contribution in [0.3, 0.4) is 0 Å². The van der Waals surface area contributed by atoms with Crippen LogP contribution in [0.15, 0.2) is 0 Å². The molecule has 1 aliphatic heterocycles. The van der Waals surface area contributed by atoms with Gasteiger partial charge in [0.1, 0.15) is 5.82 Å². The van der Waals surface area contributed by atoms with E-state index in [2.05, 4.69) is 30.7 Å². The fourth-order valence-electron chi connectivity index (χ4n) is 3.78. The molecule has 3 rings (SSSR count). The van der Waals surface area contributed by atoms with Gasteiger partial charge in [-0.1, -0.05) is 40.0 Å². The van der Waals surface area contributed by atoms with Crippen molar-refractivity contribution in [2.24, 2.45) is 5.41 Å². The van der Waals surface area contributed by atoms with E-state index in [4.69, 9.17) is 4.98 Å². The molecule has 0 saturated heterocycles. The lowest BCUT2D eigenvalue weighted by Gasteiger charge is -2.29. The van der Waals surface area contributed by atoms with Crippen LogP contribution in [0.1, 0.15) is 82.4 Å². The molecule has 1 aromatic heterocycles. The van der Waals surface area contributed by atoms with Crippen molar-refractivity contribution < 1.29 is 0 Å². The lowest BCUT2D eigenvalue weighted by atomic mass is 9.87. The van der Waals surface area contributed by atoms with Gasteiger partial charge in [0.25, 0.3) is 0 Å². The van der Waals surface area contributed by atoms with Crippen LogP contribution in [0.5, 0.6) is 0 Å². The minimum absolute atomic E-state index is 0.364. The molecule has 2 heterocycles. The molecule has 1 aliphatic carbocycles. The average Bonchev–Trinajstić information content (AvgIpc) is 2.87. The summed E-state index contributed by atoms with van der Waals surface area (Å²) in [6, 6.07) is 0. The maximum absolute atomic E-state index is 5.09. The third-order valence-electron chi connectivity index (χ3n) is 5.53. The van der Waals surface area contributed by atoms with Crippen molar-refractivity contribution in [1.29, 1.82) is 0 Å². The summed E-state index contributed by atoms with van der Waals surface area (Å²) in [4.78, 5) is 5.09. The second-order valence-corrected chi connectivity index (χ2v) is 7.73. The summed E-state index contributed by atoms with van der Waals surface area (Å²) in [6.45, 7) is 10.3. The topological polar surface area (TPSA) is 29.9 Å². The zero-order chi connectivity index (χ0) is 14.9. The summed E-state index contributed by atoms with van der Waals surface area (Å²) in [5.41, 5.74) is 3.22. The smallest absolute Gasteiger partial charge is 0.112 e. The standard InChI is InChI=1S/C18H31N3/c1-4-18(2,3)13-21-16-10-11-19-12-15(16)20-17(21)14-8-6-5-7-9-14/h14,19H,4-13H2,1-3H3. The Bertz CT molecular complexity index is 481. The summed E-state index contributed by atoms with van der Waals surface area (Å²) in [6.07, 6.45) is 9.25. The maximum Gasteiger partial charge on any atom is 0.112 e. The first-order chi connectivity index (χ1) is 10.1. The van der Waals surface area contributed by atoms with Crippen molar-refractivity contribution in [3.05, 3.63) is 17.2 Å². The Morgan fingerprint density at radius 3 is 2.71 bits per heavy atom. The van der Waals surface area contributed by atoms with Crippen molar-refractivity contribution in [2.45, 2.75) is 84.7 Å². The monoisotopic (exact) mass is 289 g/mol. The molecule has 0 spiro atoms. The van der Waals surface area contributed by atoms with E-state index in [-0.39, 0.29) is 0 Å². The first kappa shape index (κ1) is 15.1. The van der Waals surface area contributed by atoms with Crippen molar-refractivity contribution in [3.63, 3.8) is 0 Å². The van der Waals surface area contributed by atoms with Crippen LogP contribution < -0.4 is 5.32 Å². The van der Waals surface area contributed by atoms with Crippen molar-refractivity contribution in [2.75, 3.05) is 6.54 Å². The molecule has 3 heteroatoms. The van der Waals surface area contributed by atoms with Gasteiger partial charge in [0.2, 0.25) is 0 Å². The molecular weight excluding hydrogens is 258 g/mol. The molecule has 3 nitrogen and oxygen atoms in total. The quantitative estimate of drug-likeness (QED) is 0.907. The molecule has 0 bridgehead atoms. The number of nitrogens with one attached hydrogen (secondary N) is 1. The van der Waals surface area contributed by atoms with E-state index in [1.165, 1.54) is 55.7 Å². The molecule has 21 heavy (non-hydrogen) atoms. The molecule has 2 aliphatic rings.